The van der Waals surface area contributed by atoms with Crippen molar-refractivity contribution in [3.63, 3.8) is 0 Å². The van der Waals surface area contributed by atoms with E-state index in [0.29, 0.717) is 12.2 Å². The minimum Gasteiger partial charge on any atom is -0.369 e. The molecule has 1 nitrogen and oxygen atoms in total. The lowest BCUT2D eigenvalue weighted by Gasteiger charge is -1.97. The number of ether oxygens (including phenoxy) is 1. The fourth-order valence-corrected chi connectivity index (χ4v) is 2.38. The third-order valence-corrected chi connectivity index (χ3v) is 3.72. The molecule has 0 aromatic carbocycles. The SMILES string of the molecule is CC/C=C/C[C@@H]1O[C@@H]1C/C=C\CCCCCCCC. The Bertz CT molecular complexity index is 254. The van der Waals surface area contributed by atoms with Gasteiger partial charge in [-0.15, -0.1) is 0 Å². The molecule has 110 valence electrons. The van der Waals surface area contributed by atoms with E-state index < -0.39 is 0 Å². The average Bonchev–Trinajstić information content (AvgIpc) is 3.16. The normalized spacial score (nSPS) is 22.6. The maximum atomic E-state index is 5.63. The topological polar surface area (TPSA) is 12.5 Å². The highest BCUT2D eigenvalue weighted by Gasteiger charge is 2.35. The monoisotopic (exact) mass is 264 g/mol. The van der Waals surface area contributed by atoms with E-state index in [1.54, 1.807) is 0 Å². The molecule has 0 bridgehead atoms. The smallest absolute Gasteiger partial charge is 0.0879 e. The zero-order valence-electron chi connectivity index (χ0n) is 12.9. The molecule has 0 amide bonds. The molecular formula is C18H32O. The van der Waals surface area contributed by atoms with Crippen molar-refractivity contribution >= 4 is 0 Å². The molecule has 0 aliphatic carbocycles. The highest BCUT2D eigenvalue weighted by Crippen LogP contribution is 2.29. The lowest BCUT2D eigenvalue weighted by molar-refractivity contribution is 0.372. The number of allylic oxidation sites excluding steroid dienone is 2. The first-order valence-electron chi connectivity index (χ1n) is 8.34. The Morgan fingerprint density at radius 3 is 2.05 bits per heavy atom. The zero-order valence-corrected chi connectivity index (χ0v) is 12.9. The van der Waals surface area contributed by atoms with E-state index in [1.165, 1.54) is 44.9 Å². The lowest BCUT2D eigenvalue weighted by atomic mass is 10.1. The van der Waals surface area contributed by atoms with Crippen molar-refractivity contribution in [3.8, 4) is 0 Å². The van der Waals surface area contributed by atoms with Crippen molar-refractivity contribution in [1.82, 2.24) is 0 Å². The summed E-state index contributed by atoms with van der Waals surface area (Å²) in [5.74, 6) is 0. The summed E-state index contributed by atoms with van der Waals surface area (Å²) in [6.07, 6.45) is 23.1. The summed E-state index contributed by atoms with van der Waals surface area (Å²) < 4.78 is 5.63. The van der Waals surface area contributed by atoms with Gasteiger partial charge in [-0.25, -0.2) is 0 Å². The van der Waals surface area contributed by atoms with Gasteiger partial charge in [-0.05, 0) is 32.1 Å². The van der Waals surface area contributed by atoms with Gasteiger partial charge in [0, 0.05) is 0 Å². The molecule has 0 spiro atoms. The molecule has 0 N–H and O–H groups in total. The van der Waals surface area contributed by atoms with Crippen molar-refractivity contribution in [2.45, 2.75) is 90.3 Å². The molecule has 0 unspecified atom stereocenters. The Kier molecular flexibility index (Phi) is 9.79. The number of hydrogen-bond donors (Lipinski definition) is 0. The number of rotatable bonds is 12. The first-order valence-corrected chi connectivity index (χ1v) is 8.34. The van der Waals surface area contributed by atoms with Crippen molar-refractivity contribution in [2.75, 3.05) is 0 Å². The molecule has 0 aromatic heterocycles. The van der Waals surface area contributed by atoms with Crippen LogP contribution in [0, 0.1) is 0 Å². The Balaban J connectivity index is 1.85. The molecule has 0 radical (unpaired) electrons. The highest BCUT2D eigenvalue weighted by molar-refractivity contribution is 4.97. The quantitative estimate of drug-likeness (QED) is 0.246. The van der Waals surface area contributed by atoms with Crippen LogP contribution in [0.2, 0.25) is 0 Å². The first-order chi connectivity index (χ1) is 9.38. The number of hydrogen-bond acceptors (Lipinski definition) is 1. The van der Waals surface area contributed by atoms with E-state index in [9.17, 15) is 0 Å². The molecule has 1 fully saturated rings. The number of unbranched alkanes of at least 4 members (excludes halogenated alkanes) is 6. The van der Waals surface area contributed by atoms with Crippen LogP contribution in [0.15, 0.2) is 24.3 Å². The van der Waals surface area contributed by atoms with Crippen molar-refractivity contribution < 1.29 is 4.74 Å². The van der Waals surface area contributed by atoms with Crippen molar-refractivity contribution in [3.05, 3.63) is 24.3 Å². The summed E-state index contributed by atoms with van der Waals surface area (Å²) in [5.41, 5.74) is 0. The minimum atomic E-state index is 0.501. The Morgan fingerprint density at radius 2 is 1.37 bits per heavy atom. The van der Waals surface area contributed by atoms with Crippen molar-refractivity contribution in [2.24, 2.45) is 0 Å². The zero-order chi connectivity index (χ0) is 13.8. The predicted octanol–water partition coefficient (Wildman–Crippen LogP) is 5.81. The summed E-state index contributed by atoms with van der Waals surface area (Å²) in [6.45, 7) is 4.45. The summed E-state index contributed by atoms with van der Waals surface area (Å²) in [4.78, 5) is 0. The largest absolute Gasteiger partial charge is 0.369 e. The van der Waals surface area contributed by atoms with Gasteiger partial charge >= 0.3 is 0 Å². The third kappa shape index (κ3) is 9.04. The van der Waals surface area contributed by atoms with Gasteiger partial charge in [-0.1, -0.05) is 70.3 Å². The fourth-order valence-electron chi connectivity index (χ4n) is 2.38. The molecule has 19 heavy (non-hydrogen) atoms. The predicted molar refractivity (Wildman–Crippen MR) is 84.5 cm³/mol. The molecule has 1 heterocycles. The van der Waals surface area contributed by atoms with E-state index in [4.69, 9.17) is 4.74 Å². The summed E-state index contributed by atoms with van der Waals surface area (Å²) in [5, 5.41) is 0. The van der Waals surface area contributed by atoms with Gasteiger partial charge in [0.25, 0.3) is 0 Å². The second-order valence-corrected chi connectivity index (χ2v) is 5.59. The number of epoxide rings is 1. The van der Waals surface area contributed by atoms with E-state index >= 15 is 0 Å². The van der Waals surface area contributed by atoms with Crippen LogP contribution in [0.25, 0.3) is 0 Å². The van der Waals surface area contributed by atoms with E-state index in [0.717, 1.165) is 19.3 Å². The first kappa shape index (κ1) is 16.5. The van der Waals surface area contributed by atoms with Gasteiger partial charge in [0.2, 0.25) is 0 Å². The van der Waals surface area contributed by atoms with Crippen LogP contribution in [0.1, 0.15) is 78.1 Å². The molecule has 1 rings (SSSR count). The van der Waals surface area contributed by atoms with Gasteiger partial charge in [-0.2, -0.15) is 0 Å². The lowest BCUT2D eigenvalue weighted by Crippen LogP contribution is -1.90. The van der Waals surface area contributed by atoms with E-state index in [2.05, 4.69) is 38.2 Å². The van der Waals surface area contributed by atoms with Crippen LogP contribution in [-0.2, 0) is 4.74 Å². The van der Waals surface area contributed by atoms with Crippen LogP contribution in [0.4, 0.5) is 0 Å². The molecular weight excluding hydrogens is 232 g/mol. The highest BCUT2D eigenvalue weighted by atomic mass is 16.6. The maximum absolute atomic E-state index is 5.63. The van der Waals surface area contributed by atoms with Crippen LogP contribution in [0.3, 0.4) is 0 Å². The van der Waals surface area contributed by atoms with Crippen LogP contribution in [0.5, 0.6) is 0 Å². The molecule has 1 aliphatic rings. The minimum absolute atomic E-state index is 0.501. The summed E-state index contributed by atoms with van der Waals surface area (Å²) >= 11 is 0. The van der Waals surface area contributed by atoms with Crippen LogP contribution < -0.4 is 0 Å². The molecule has 1 aliphatic heterocycles. The molecule has 1 saturated heterocycles. The Morgan fingerprint density at radius 1 is 0.737 bits per heavy atom. The van der Waals surface area contributed by atoms with Crippen LogP contribution >= 0.6 is 0 Å². The van der Waals surface area contributed by atoms with Gasteiger partial charge in [0.15, 0.2) is 0 Å². The second kappa shape index (κ2) is 11.3. The van der Waals surface area contributed by atoms with E-state index in [1.807, 2.05) is 0 Å². The Labute approximate surface area is 120 Å². The summed E-state index contributed by atoms with van der Waals surface area (Å²) in [7, 11) is 0. The van der Waals surface area contributed by atoms with Gasteiger partial charge < -0.3 is 4.74 Å². The maximum Gasteiger partial charge on any atom is 0.0879 e. The molecule has 0 aromatic rings. The fraction of sp³-hybridized carbons (Fsp3) is 0.778. The second-order valence-electron chi connectivity index (χ2n) is 5.59. The van der Waals surface area contributed by atoms with E-state index in [-0.39, 0.29) is 0 Å². The van der Waals surface area contributed by atoms with Gasteiger partial charge in [0.1, 0.15) is 0 Å². The van der Waals surface area contributed by atoms with Crippen LogP contribution in [-0.4, -0.2) is 12.2 Å². The van der Waals surface area contributed by atoms with Gasteiger partial charge in [0.05, 0.1) is 12.2 Å². The molecule has 1 heteroatoms. The molecule has 0 saturated carbocycles. The van der Waals surface area contributed by atoms with Crippen molar-refractivity contribution in [1.29, 1.82) is 0 Å². The van der Waals surface area contributed by atoms with Gasteiger partial charge in [-0.3, -0.25) is 0 Å². The Hall–Kier alpha value is -0.560. The standard InChI is InChI=1S/C18H32O/c1-3-5-7-8-9-10-11-12-14-16-18-17(19-18)15-13-6-4-2/h6,12-14,17-18H,3-5,7-11,15-16H2,1-2H3/b13-6+,14-12-/t17-,18+/m0/s1. The third-order valence-electron chi connectivity index (χ3n) is 3.72. The molecule has 2 atom stereocenters. The summed E-state index contributed by atoms with van der Waals surface area (Å²) in [6, 6.07) is 0. The average molecular weight is 264 g/mol.